The molecule has 2 aromatic rings. The molecule has 1 heterocycles. The molecule has 92 valence electrons. The molecule has 0 atom stereocenters. The van der Waals surface area contributed by atoms with Gasteiger partial charge >= 0.3 is 6.01 Å². The van der Waals surface area contributed by atoms with Crippen molar-refractivity contribution in [2.24, 2.45) is 0 Å². The van der Waals surface area contributed by atoms with Crippen LogP contribution in [0.3, 0.4) is 0 Å². The number of halogens is 2. The van der Waals surface area contributed by atoms with E-state index in [1.54, 1.807) is 6.92 Å². The zero-order valence-corrected chi connectivity index (χ0v) is 9.35. The maximum Gasteiger partial charge on any atom is 0.322 e. The Labute approximate surface area is 101 Å². The van der Waals surface area contributed by atoms with Crippen LogP contribution in [0.15, 0.2) is 24.5 Å². The minimum atomic E-state index is -0.985. The van der Waals surface area contributed by atoms with Crippen LogP contribution in [-0.2, 0) is 0 Å². The molecule has 0 N–H and O–H groups in total. The van der Waals surface area contributed by atoms with Crippen LogP contribution in [0.1, 0.15) is 15.9 Å². The summed E-state index contributed by atoms with van der Waals surface area (Å²) in [5.74, 6) is -2.60. The van der Waals surface area contributed by atoms with Crippen LogP contribution >= 0.6 is 0 Å². The predicted molar refractivity (Wildman–Crippen MR) is 58.6 cm³/mol. The van der Waals surface area contributed by atoms with Crippen LogP contribution < -0.4 is 4.74 Å². The van der Waals surface area contributed by atoms with E-state index in [1.807, 2.05) is 0 Å². The van der Waals surface area contributed by atoms with E-state index in [4.69, 9.17) is 4.74 Å². The Kier molecular flexibility index (Phi) is 3.27. The number of carbonyl (C=O) groups excluding carboxylic acids is 1. The molecule has 18 heavy (non-hydrogen) atoms. The van der Waals surface area contributed by atoms with Gasteiger partial charge in [-0.25, -0.2) is 18.7 Å². The maximum absolute atomic E-state index is 13.5. The molecule has 6 heteroatoms. The minimum absolute atomic E-state index is 0.109. The highest BCUT2D eigenvalue weighted by Gasteiger charge is 2.14. The SMILES string of the molecule is Cc1cnc(Oc2c(F)cc(C=O)cc2F)nc1. The minimum Gasteiger partial charge on any atom is -0.418 e. The molecule has 4 nitrogen and oxygen atoms in total. The number of carbonyl (C=O) groups is 1. The highest BCUT2D eigenvalue weighted by atomic mass is 19.1. The molecule has 0 saturated carbocycles. The lowest BCUT2D eigenvalue weighted by Gasteiger charge is -2.06. The van der Waals surface area contributed by atoms with Crippen LogP contribution in [0.2, 0.25) is 0 Å². The van der Waals surface area contributed by atoms with Gasteiger partial charge in [0.15, 0.2) is 11.6 Å². The molecule has 0 unspecified atom stereocenters. The molecule has 2 rings (SSSR count). The third-order valence-corrected chi connectivity index (χ3v) is 2.11. The lowest BCUT2D eigenvalue weighted by Crippen LogP contribution is -1.98. The molecule has 0 amide bonds. The van der Waals surface area contributed by atoms with E-state index in [2.05, 4.69) is 9.97 Å². The van der Waals surface area contributed by atoms with E-state index < -0.39 is 17.4 Å². The molecule has 0 bridgehead atoms. The van der Waals surface area contributed by atoms with Crippen LogP contribution in [0.5, 0.6) is 11.8 Å². The number of benzene rings is 1. The molecule has 0 aliphatic heterocycles. The van der Waals surface area contributed by atoms with Gasteiger partial charge in [0.25, 0.3) is 0 Å². The predicted octanol–water partition coefficient (Wildman–Crippen LogP) is 2.67. The number of hydrogen-bond donors (Lipinski definition) is 0. The lowest BCUT2D eigenvalue weighted by atomic mass is 10.2. The average molecular weight is 250 g/mol. The van der Waals surface area contributed by atoms with Crippen molar-refractivity contribution in [2.75, 3.05) is 0 Å². The van der Waals surface area contributed by atoms with E-state index in [9.17, 15) is 13.6 Å². The Bertz CT molecular complexity index is 562. The molecular weight excluding hydrogens is 242 g/mol. The number of aryl methyl sites for hydroxylation is 1. The summed E-state index contributed by atoms with van der Waals surface area (Å²) in [5.41, 5.74) is 0.682. The smallest absolute Gasteiger partial charge is 0.322 e. The second-order valence-corrected chi connectivity index (χ2v) is 3.58. The van der Waals surface area contributed by atoms with Crippen molar-refractivity contribution >= 4 is 6.29 Å². The van der Waals surface area contributed by atoms with Gasteiger partial charge in [-0.05, 0) is 24.6 Å². The molecule has 0 spiro atoms. The second-order valence-electron chi connectivity index (χ2n) is 3.58. The van der Waals surface area contributed by atoms with Crippen molar-refractivity contribution in [1.29, 1.82) is 0 Å². The fourth-order valence-electron chi connectivity index (χ4n) is 1.27. The molecule has 0 radical (unpaired) electrons. The molecule has 0 fully saturated rings. The summed E-state index contributed by atoms with van der Waals surface area (Å²) in [6.45, 7) is 1.77. The van der Waals surface area contributed by atoms with Crippen LogP contribution in [0, 0.1) is 18.6 Å². The summed E-state index contributed by atoms with van der Waals surface area (Å²) >= 11 is 0. The van der Waals surface area contributed by atoms with Gasteiger partial charge in [0.05, 0.1) is 0 Å². The lowest BCUT2D eigenvalue weighted by molar-refractivity contribution is 0.112. The number of aldehydes is 1. The number of rotatable bonds is 3. The number of aromatic nitrogens is 2. The summed E-state index contributed by atoms with van der Waals surface area (Å²) < 4.78 is 31.9. The normalized spacial score (nSPS) is 10.2. The van der Waals surface area contributed by atoms with Gasteiger partial charge in [0.2, 0.25) is 5.75 Å². The van der Waals surface area contributed by atoms with E-state index in [0.717, 1.165) is 17.7 Å². The Morgan fingerprint density at radius 2 is 1.72 bits per heavy atom. The van der Waals surface area contributed by atoms with Gasteiger partial charge in [-0.1, -0.05) is 0 Å². The average Bonchev–Trinajstić information content (AvgIpc) is 2.35. The number of nitrogens with zero attached hydrogens (tertiary/aromatic N) is 2. The first-order valence-corrected chi connectivity index (χ1v) is 5.01. The highest BCUT2D eigenvalue weighted by Crippen LogP contribution is 2.26. The van der Waals surface area contributed by atoms with Crippen molar-refractivity contribution in [2.45, 2.75) is 6.92 Å². The zero-order valence-electron chi connectivity index (χ0n) is 9.35. The second kappa shape index (κ2) is 4.87. The van der Waals surface area contributed by atoms with Gasteiger partial charge in [-0.2, -0.15) is 0 Å². The van der Waals surface area contributed by atoms with E-state index >= 15 is 0 Å². The van der Waals surface area contributed by atoms with Crippen molar-refractivity contribution in [1.82, 2.24) is 9.97 Å². The van der Waals surface area contributed by atoms with Crippen molar-refractivity contribution < 1.29 is 18.3 Å². The van der Waals surface area contributed by atoms with Gasteiger partial charge in [-0.15, -0.1) is 0 Å². The monoisotopic (exact) mass is 250 g/mol. The van der Waals surface area contributed by atoms with Crippen LogP contribution in [0.4, 0.5) is 8.78 Å². The van der Waals surface area contributed by atoms with Crippen LogP contribution in [-0.4, -0.2) is 16.3 Å². The van der Waals surface area contributed by atoms with E-state index in [1.165, 1.54) is 12.4 Å². The summed E-state index contributed by atoms with van der Waals surface area (Å²) in [6.07, 6.45) is 3.26. The van der Waals surface area contributed by atoms with Crippen molar-refractivity contribution in [3.63, 3.8) is 0 Å². The standard InChI is InChI=1S/C12H8F2N2O2/c1-7-4-15-12(16-5-7)18-11-9(13)2-8(6-17)3-10(11)14/h2-6H,1H3. The molecule has 1 aromatic carbocycles. The van der Waals surface area contributed by atoms with Crippen LogP contribution in [0.25, 0.3) is 0 Å². The maximum atomic E-state index is 13.5. The number of ether oxygens (including phenoxy) is 1. The van der Waals surface area contributed by atoms with Crippen molar-refractivity contribution in [3.8, 4) is 11.8 Å². The largest absolute Gasteiger partial charge is 0.418 e. The zero-order chi connectivity index (χ0) is 13.1. The van der Waals surface area contributed by atoms with E-state index in [-0.39, 0.29) is 11.6 Å². The number of hydrogen-bond acceptors (Lipinski definition) is 4. The third kappa shape index (κ3) is 2.48. The van der Waals surface area contributed by atoms with E-state index in [0.29, 0.717) is 6.29 Å². The third-order valence-electron chi connectivity index (χ3n) is 2.11. The van der Waals surface area contributed by atoms with Crippen molar-refractivity contribution in [3.05, 3.63) is 47.3 Å². The Hall–Kier alpha value is -2.37. The fourth-order valence-corrected chi connectivity index (χ4v) is 1.27. The Morgan fingerprint density at radius 1 is 1.17 bits per heavy atom. The molecule has 0 aliphatic rings. The quantitative estimate of drug-likeness (QED) is 0.786. The Morgan fingerprint density at radius 3 is 2.22 bits per heavy atom. The summed E-state index contributed by atoms with van der Waals surface area (Å²) in [4.78, 5) is 17.9. The molecule has 0 saturated heterocycles. The first-order valence-electron chi connectivity index (χ1n) is 5.01. The first-order chi connectivity index (χ1) is 8.60. The molecular formula is C12H8F2N2O2. The molecule has 0 aliphatic carbocycles. The van der Waals surface area contributed by atoms with Gasteiger partial charge < -0.3 is 4.74 Å². The van der Waals surface area contributed by atoms with Gasteiger partial charge in [0, 0.05) is 18.0 Å². The summed E-state index contributed by atoms with van der Waals surface area (Å²) in [5, 5.41) is 0. The fraction of sp³-hybridized carbons (Fsp3) is 0.0833. The Balaban J connectivity index is 2.34. The van der Waals surface area contributed by atoms with Gasteiger partial charge in [-0.3, -0.25) is 4.79 Å². The van der Waals surface area contributed by atoms with Gasteiger partial charge in [0.1, 0.15) is 6.29 Å². The summed E-state index contributed by atoms with van der Waals surface area (Å²) in [6, 6.07) is 1.58. The summed E-state index contributed by atoms with van der Waals surface area (Å²) in [7, 11) is 0. The first kappa shape index (κ1) is 12.1. The topological polar surface area (TPSA) is 52.1 Å². The highest BCUT2D eigenvalue weighted by molar-refractivity contribution is 5.75. The molecule has 1 aromatic heterocycles.